The molecule has 0 fully saturated rings. The molecule has 6 aromatic rings. The molecule has 0 saturated heterocycles. The summed E-state index contributed by atoms with van der Waals surface area (Å²) in [5, 5.41) is 11.2. The fourth-order valence-electron chi connectivity index (χ4n) is 4.56. The molecule has 174 valence electrons. The molecular weight excluding hydrogens is 442 g/mol. The Labute approximate surface area is 210 Å². The van der Waals surface area contributed by atoms with E-state index in [9.17, 15) is 5.11 Å². The van der Waals surface area contributed by atoms with E-state index in [2.05, 4.69) is 48.5 Å². The van der Waals surface area contributed by atoms with Gasteiger partial charge >= 0.3 is 0 Å². The lowest BCUT2D eigenvalue weighted by Crippen LogP contribution is -2.00. The van der Waals surface area contributed by atoms with Gasteiger partial charge in [0.25, 0.3) is 0 Å². The average molecular weight is 468 g/mol. The molecule has 6 rings (SSSR count). The monoisotopic (exact) mass is 467 g/mol. The predicted molar refractivity (Wildman–Crippen MR) is 144 cm³/mol. The summed E-state index contributed by atoms with van der Waals surface area (Å²) >= 11 is 0. The van der Waals surface area contributed by atoms with Gasteiger partial charge in [0.05, 0.1) is 11.4 Å². The molecule has 0 saturated carbocycles. The van der Waals surface area contributed by atoms with Crippen molar-refractivity contribution in [3.05, 3.63) is 144 Å². The Morgan fingerprint density at radius 1 is 0.528 bits per heavy atom. The summed E-state index contributed by atoms with van der Waals surface area (Å²) in [4.78, 5) is 9.85. The Kier molecular flexibility index (Phi) is 5.76. The molecule has 0 aliphatic carbocycles. The lowest BCUT2D eigenvalue weighted by Gasteiger charge is -2.08. The van der Waals surface area contributed by atoms with E-state index < -0.39 is 0 Å². The second-order valence-corrected chi connectivity index (χ2v) is 8.92. The van der Waals surface area contributed by atoms with E-state index in [1.165, 1.54) is 11.1 Å². The van der Waals surface area contributed by atoms with Gasteiger partial charge in [-0.3, -0.25) is 4.40 Å². The maximum Gasteiger partial charge on any atom is 0.219 e. The SMILES string of the molecule is Oc1c(Cc2ccc(-c3ccccc3)cc2)nc2c(Cc3ccccc3)nc(-c3ccccc3)cn12. The molecule has 1 N–H and O–H groups in total. The molecular formula is C32H25N3O. The van der Waals surface area contributed by atoms with Crippen molar-refractivity contribution in [2.75, 3.05) is 0 Å². The van der Waals surface area contributed by atoms with Crippen LogP contribution in [0.5, 0.6) is 5.88 Å². The van der Waals surface area contributed by atoms with Gasteiger partial charge in [-0.1, -0.05) is 115 Å². The summed E-state index contributed by atoms with van der Waals surface area (Å²) in [7, 11) is 0. The van der Waals surface area contributed by atoms with Crippen molar-refractivity contribution in [2.24, 2.45) is 0 Å². The maximum absolute atomic E-state index is 11.2. The average Bonchev–Trinajstić information content (AvgIpc) is 3.26. The highest BCUT2D eigenvalue weighted by Gasteiger charge is 2.18. The molecule has 0 atom stereocenters. The summed E-state index contributed by atoms with van der Waals surface area (Å²) in [6, 6.07) is 39.1. The van der Waals surface area contributed by atoms with Crippen LogP contribution in [-0.2, 0) is 12.8 Å². The predicted octanol–water partition coefficient (Wildman–Crippen LogP) is 6.95. The van der Waals surface area contributed by atoms with Gasteiger partial charge in [-0.15, -0.1) is 0 Å². The molecule has 0 unspecified atom stereocenters. The van der Waals surface area contributed by atoms with Gasteiger partial charge in [0.15, 0.2) is 5.65 Å². The summed E-state index contributed by atoms with van der Waals surface area (Å²) in [6.07, 6.45) is 3.05. The van der Waals surface area contributed by atoms with Gasteiger partial charge in [0.2, 0.25) is 5.88 Å². The Balaban J connectivity index is 1.39. The number of aromatic nitrogens is 3. The Hall–Kier alpha value is -4.70. The molecule has 4 heteroatoms. The van der Waals surface area contributed by atoms with Gasteiger partial charge in [0, 0.05) is 24.6 Å². The highest BCUT2D eigenvalue weighted by molar-refractivity contribution is 5.65. The number of nitrogens with zero attached hydrogens (tertiary/aromatic N) is 3. The number of hydrogen-bond acceptors (Lipinski definition) is 3. The van der Waals surface area contributed by atoms with Gasteiger partial charge in [-0.05, 0) is 22.3 Å². The molecule has 2 aromatic heterocycles. The quantitative estimate of drug-likeness (QED) is 0.288. The molecule has 4 nitrogen and oxygen atoms in total. The van der Waals surface area contributed by atoms with Crippen molar-refractivity contribution in [3.8, 4) is 28.3 Å². The van der Waals surface area contributed by atoms with Crippen molar-refractivity contribution >= 4 is 5.65 Å². The third-order valence-electron chi connectivity index (χ3n) is 6.44. The topological polar surface area (TPSA) is 50.4 Å². The van der Waals surface area contributed by atoms with Crippen LogP contribution in [0.3, 0.4) is 0 Å². The number of rotatable bonds is 6. The molecule has 0 amide bonds. The highest BCUT2D eigenvalue weighted by atomic mass is 16.3. The molecule has 36 heavy (non-hydrogen) atoms. The summed E-state index contributed by atoms with van der Waals surface area (Å²) in [5.74, 6) is 0.158. The van der Waals surface area contributed by atoms with E-state index in [0.717, 1.165) is 28.1 Å². The summed E-state index contributed by atoms with van der Waals surface area (Å²) in [5.41, 5.74) is 8.57. The first kappa shape index (κ1) is 21.8. The normalized spacial score (nSPS) is 11.1. The van der Waals surface area contributed by atoms with Crippen LogP contribution >= 0.6 is 0 Å². The van der Waals surface area contributed by atoms with Crippen molar-refractivity contribution in [1.82, 2.24) is 14.4 Å². The van der Waals surface area contributed by atoms with Crippen molar-refractivity contribution in [2.45, 2.75) is 12.8 Å². The van der Waals surface area contributed by atoms with Crippen LogP contribution in [0.1, 0.15) is 22.5 Å². The standard InChI is InChI=1S/C32H25N3O/c36-32-29(21-24-16-18-26(19-17-24)25-12-6-2-7-13-25)34-31-28(20-23-10-4-1-5-11-23)33-30(22-35(31)32)27-14-8-3-9-15-27/h1-19,22,36H,20-21H2. The molecule has 4 aromatic carbocycles. The second-order valence-electron chi connectivity index (χ2n) is 8.92. The third kappa shape index (κ3) is 4.37. The number of benzene rings is 4. The van der Waals surface area contributed by atoms with E-state index in [1.807, 2.05) is 72.9 Å². The van der Waals surface area contributed by atoms with Crippen LogP contribution in [0.15, 0.2) is 121 Å². The fourth-order valence-corrected chi connectivity index (χ4v) is 4.56. The number of aromatic hydroxyl groups is 1. The zero-order valence-electron chi connectivity index (χ0n) is 19.8. The smallest absolute Gasteiger partial charge is 0.219 e. The van der Waals surface area contributed by atoms with Crippen LogP contribution < -0.4 is 0 Å². The zero-order chi connectivity index (χ0) is 24.3. The number of fused-ring (bicyclic) bond motifs is 1. The molecule has 0 bridgehead atoms. The van der Waals surface area contributed by atoms with Crippen LogP contribution in [0, 0.1) is 0 Å². The van der Waals surface area contributed by atoms with Crippen LogP contribution in [0.25, 0.3) is 28.0 Å². The van der Waals surface area contributed by atoms with E-state index in [4.69, 9.17) is 9.97 Å². The van der Waals surface area contributed by atoms with Gasteiger partial charge < -0.3 is 5.11 Å². The second kappa shape index (κ2) is 9.51. The van der Waals surface area contributed by atoms with E-state index in [0.29, 0.717) is 24.2 Å². The first-order valence-electron chi connectivity index (χ1n) is 12.1. The summed E-state index contributed by atoms with van der Waals surface area (Å²) in [6.45, 7) is 0. The minimum Gasteiger partial charge on any atom is -0.493 e. The van der Waals surface area contributed by atoms with Crippen LogP contribution in [0.2, 0.25) is 0 Å². The largest absolute Gasteiger partial charge is 0.493 e. The van der Waals surface area contributed by atoms with Gasteiger partial charge in [-0.2, -0.15) is 0 Å². The van der Waals surface area contributed by atoms with Crippen molar-refractivity contribution in [1.29, 1.82) is 0 Å². The molecule has 0 aliphatic heterocycles. The van der Waals surface area contributed by atoms with E-state index in [1.54, 1.807) is 4.40 Å². The fraction of sp³-hybridized carbons (Fsp3) is 0.0625. The molecule has 0 spiro atoms. The van der Waals surface area contributed by atoms with Gasteiger partial charge in [0.1, 0.15) is 5.69 Å². The minimum absolute atomic E-state index is 0.158. The van der Waals surface area contributed by atoms with E-state index >= 15 is 0 Å². The number of hydrogen-bond donors (Lipinski definition) is 1. The lowest BCUT2D eigenvalue weighted by atomic mass is 10.0. The van der Waals surface area contributed by atoms with Gasteiger partial charge in [-0.25, -0.2) is 9.97 Å². The third-order valence-corrected chi connectivity index (χ3v) is 6.44. The molecule has 0 radical (unpaired) electrons. The Morgan fingerprint density at radius 3 is 1.72 bits per heavy atom. The van der Waals surface area contributed by atoms with Crippen LogP contribution in [0.4, 0.5) is 0 Å². The highest BCUT2D eigenvalue weighted by Crippen LogP contribution is 2.29. The molecule has 0 aliphatic rings. The summed E-state index contributed by atoms with van der Waals surface area (Å²) < 4.78 is 1.78. The number of imidazole rings is 1. The van der Waals surface area contributed by atoms with Crippen molar-refractivity contribution < 1.29 is 5.11 Å². The first-order chi connectivity index (χ1) is 17.7. The minimum atomic E-state index is 0.158. The van der Waals surface area contributed by atoms with Crippen molar-refractivity contribution in [3.63, 3.8) is 0 Å². The van der Waals surface area contributed by atoms with E-state index in [-0.39, 0.29) is 5.88 Å². The maximum atomic E-state index is 11.2. The van der Waals surface area contributed by atoms with Crippen LogP contribution in [-0.4, -0.2) is 19.5 Å². The first-order valence-corrected chi connectivity index (χ1v) is 12.1. The zero-order valence-corrected chi connectivity index (χ0v) is 19.8. The Bertz CT molecular complexity index is 1610. The Morgan fingerprint density at radius 2 is 1.06 bits per heavy atom. The molecule has 2 heterocycles. The lowest BCUT2D eigenvalue weighted by molar-refractivity contribution is 0.442.